The first-order valence-electron chi connectivity index (χ1n) is 11.7. The highest BCUT2D eigenvalue weighted by molar-refractivity contribution is 5.84. The van der Waals surface area contributed by atoms with E-state index in [4.69, 9.17) is 25.4 Å². The molecule has 1 atom stereocenters. The summed E-state index contributed by atoms with van der Waals surface area (Å²) < 4.78 is 10.2. The van der Waals surface area contributed by atoms with Gasteiger partial charge in [-0.2, -0.15) is 0 Å². The zero-order chi connectivity index (χ0) is 26.8. The van der Waals surface area contributed by atoms with Crippen molar-refractivity contribution in [1.29, 1.82) is 0 Å². The van der Waals surface area contributed by atoms with Gasteiger partial charge in [-0.25, -0.2) is 9.59 Å². The van der Waals surface area contributed by atoms with E-state index in [2.05, 4.69) is 5.32 Å². The molecule has 1 aliphatic carbocycles. The molecule has 194 valence electrons. The normalized spacial score (nSPS) is 12.3. The van der Waals surface area contributed by atoms with Crippen molar-refractivity contribution in [2.75, 3.05) is 20.3 Å². The molecule has 3 aromatic carbocycles. The lowest BCUT2D eigenvalue weighted by molar-refractivity contribution is -0.145. The maximum atomic E-state index is 11.9. The molecule has 4 rings (SSSR count). The number of rotatable bonds is 9. The summed E-state index contributed by atoms with van der Waals surface area (Å²) in [6.07, 6.45) is -0.857. The van der Waals surface area contributed by atoms with Gasteiger partial charge in [-0.3, -0.25) is 4.79 Å². The summed E-state index contributed by atoms with van der Waals surface area (Å²) in [6, 6.07) is 21.9. The summed E-state index contributed by atoms with van der Waals surface area (Å²) in [5.74, 6) is -2.04. The minimum absolute atomic E-state index is 0.0271. The van der Waals surface area contributed by atoms with Gasteiger partial charge in [0.1, 0.15) is 18.4 Å². The Morgan fingerprint density at radius 3 is 1.97 bits per heavy atom. The number of carbonyl (C=O) groups is 3. The predicted molar refractivity (Wildman–Crippen MR) is 138 cm³/mol. The van der Waals surface area contributed by atoms with Crippen LogP contribution in [0.1, 0.15) is 29.0 Å². The van der Waals surface area contributed by atoms with Gasteiger partial charge in [-0.05, 0) is 46.4 Å². The number of carboxylic acid groups (broad SMARTS) is 2. The number of hydrogen-bond donors (Lipinski definition) is 3. The minimum atomic E-state index is -1.54. The molecule has 0 unspecified atom stereocenters. The van der Waals surface area contributed by atoms with Crippen LogP contribution in [0.15, 0.2) is 72.8 Å². The fourth-order valence-electron chi connectivity index (χ4n) is 4.09. The van der Waals surface area contributed by atoms with Crippen LogP contribution in [-0.4, -0.2) is 54.5 Å². The molecule has 0 fully saturated rings. The van der Waals surface area contributed by atoms with Gasteiger partial charge in [0, 0.05) is 5.92 Å². The third kappa shape index (κ3) is 7.31. The first-order chi connectivity index (χ1) is 17.8. The summed E-state index contributed by atoms with van der Waals surface area (Å²) in [4.78, 5) is 33.6. The van der Waals surface area contributed by atoms with Crippen molar-refractivity contribution in [3.05, 3.63) is 95.2 Å². The molecule has 9 nitrogen and oxygen atoms in total. The van der Waals surface area contributed by atoms with Crippen molar-refractivity contribution in [1.82, 2.24) is 5.32 Å². The van der Waals surface area contributed by atoms with Crippen molar-refractivity contribution in [2.24, 2.45) is 0 Å². The van der Waals surface area contributed by atoms with Crippen LogP contribution in [-0.2, 0) is 20.7 Å². The van der Waals surface area contributed by atoms with E-state index in [-0.39, 0.29) is 12.5 Å². The van der Waals surface area contributed by atoms with Crippen LogP contribution in [0.5, 0.6) is 5.75 Å². The molecule has 0 saturated carbocycles. The lowest BCUT2D eigenvalue weighted by Gasteiger charge is -2.16. The molecule has 0 aliphatic heterocycles. The van der Waals surface area contributed by atoms with Crippen molar-refractivity contribution < 1.29 is 34.1 Å². The van der Waals surface area contributed by atoms with Crippen LogP contribution < -0.4 is 10.1 Å². The van der Waals surface area contributed by atoms with Gasteiger partial charge >= 0.3 is 18.0 Å². The lowest BCUT2D eigenvalue weighted by Crippen LogP contribution is -2.42. The third-order valence-corrected chi connectivity index (χ3v) is 5.89. The molecule has 0 radical (unpaired) electrons. The van der Waals surface area contributed by atoms with Gasteiger partial charge in [-0.1, -0.05) is 60.7 Å². The molecule has 0 bridgehead atoms. The number of carboxylic acids is 2. The molecular formula is C28H29N2O7-. The maximum Gasteiger partial charge on any atom is 0.407 e. The molecule has 37 heavy (non-hydrogen) atoms. The van der Waals surface area contributed by atoms with Crippen LogP contribution in [0, 0.1) is 0 Å². The summed E-state index contributed by atoms with van der Waals surface area (Å²) in [6.45, 7) is 0.478. The minimum Gasteiger partial charge on any atom is -0.677 e. The van der Waals surface area contributed by atoms with Crippen LogP contribution in [0.3, 0.4) is 0 Å². The van der Waals surface area contributed by atoms with Crippen LogP contribution in [0.25, 0.3) is 16.9 Å². The molecule has 9 heteroatoms. The SMILES string of the molecule is COc1ccc(CC[NH-])cc1.O=C(O)C[C@H](NC(=O)OCC1c2ccccc2-c2ccccc21)C(=O)O. The Hall–Kier alpha value is -4.37. The molecule has 1 aliphatic rings. The van der Waals surface area contributed by atoms with Gasteiger partial charge < -0.3 is 30.7 Å². The standard InChI is InChI=1S/C19H17NO6.C9H12NO/c21-17(22)9-16(18(23)24)20-19(25)26-10-15-13-7-3-1-5-11(13)12-6-2-4-8-14(12)15;1-11-9-4-2-8(3-5-9)6-7-10/h1-8,15-16H,9-10H2,(H,20,25)(H,21,22)(H,23,24);2-5,10H,6-7H2,1H3/q;-1/t16-;/m0./s1. The number of benzene rings is 3. The van der Waals surface area contributed by atoms with E-state index in [1.807, 2.05) is 72.8 Å². The number of fused-ring (bicyclic) bond motifs is 3. The average Bonchev–Trinajstić information content (AvgIpc) is 3.21. The smallest absolute Gasteiger partial charge is 0.407 e. The van der Waals surface area contributed by atoms with E-state index in [1.165, 1.54) is 5.56 Å². The average molecular weight is 506 g/mol. The number of aliphatic carboxylic acids is 2. The summed E-state index contributed by atoms with van der Waals surface area (Å²) in [5.41, 5.74) is 12.4. The first-order valence-corrected chi connectivity index (χ1v) is 11.7. The Bertz CT molecular complexity index is 1180. The lowest BCUT2D eigenvalue weighted by atomic mass is 9.98. The number of carbonyl (C=O) groups excluding carboxylic acids is 1. The number of amides is 1. The fourth-order valence-corrected chi connectivity index (χ4v) is 4.09. The van der Waals surface area contributed by atoms with Crippen molar-refractivity contribution in [3.63, 3.8) is 0 Å². The van der Waals surface area contributed by atoms with Crippen molar-refractivity contribution in [3.8, 4) is 16.9 Å². The second kappa shape index (κ2) is 13.1. The Morgan fingerprint density at radius 1 is 0.919 bits per heavy atom. The molecule has 3 aromatic rings. The first kappa shape index (κ1) is 27.2. The zero-order valence-corrected chi connectivity index (χ0v) is 20.3. The number of hydrogen-bond acceptors (Lipinski definition) is 5. The molecule has 4 N–H and O–H groups in total. The van der Waals surface area contributed by atoms with Gasteiger partial charge in [0.25, 0.3) is 0 Å². The number of methoxy groups -OCH3 is 1. The summed E-state index contributed by atoms with van der Waals surface area (Å²) in [5, 5.41) is 19.8. The molecule has 0 saturated heterocycles. The largest absolute Gasteiger partial charge is 0.677 e. The molecule has 0 heterocycles. The van der Waals surface area contributed by atoms with Gasteiger partial charge in [0.15, 0.2) is 0 Å². The van der Waals surface area contributed by atoms with Crippen LogP contribution in [0.4, 0.5) is 4.79 Å². The summed E-state index contributed by atoms with van der Waals surface area (Å²) in [7, 11) is 1.65. The van der Waals surface area contributed by atoms with Crippen molar-refractivity contribution in [2.45, 2.75) is 24.8 Å². The molecule has 1 amide bonds. The van der Waals surface area contributed by atoms with Gasteiger partial charge in [0.05, 0.1) is 13.5 Å². The Balaban J connectivity index is 0.000000289. The second-order valence-electron chi connectivity index (χ2n) is 8.31. The third-order valence-electron chi connectivity index (χ3n) is 5.89. The Kier molecular flexibility index (Phi) is 9.62. The highest BCUT2D eigenvalue weighted by Gasteiger charge is 2.30. The number of nitrogens with one attached hydrogen (secondary N) is 2. The topological polar surface area (TPSA) is 146 Å². The highest BCUT2D eigenvalue weighted by Crippen LogP contribution is 2.44. The van der Waals surface area contributed by atoms with E-state index < -0.39 is 30.5 Å². The van der Waals surface area contributed by atoms with Gasteiger partial charge in [-0.15, -0.1) is 6.54 Å². The predicted octanol–water partition coefficient (Wildman–Crippen LogP) is 4.74. The molecular weight excluding hydrogens is 476 g/mol. The summed E-state index contributed by atoms with van der Waals surface area (Å²) >= 11 is 0. The van der Waals surface area contributed by atoms with E-state index in [1.54, 1.807) is 7.11 Å². The zero-order valence-electron chi connectivity index (χ0n) is 20.3. The monoisotopic (exact) mass is 505 g/mol. The molecule has 0 spiro atoms. The van der Waals surface area contributed by atoms with Crippen LogP contribution in [0.2, 0.25) is 0 Å². The maximum absolute atomic E-state index is 11.9. The quantitative estimate of drug-likeness (QED) is 0.380. The van der Waals surface area contributed by atoms with Gasteiger partial charge in [0.2, 0.25) is 0 Å². The van der Waals surface area contributed by atoms with Crippen LogP contribution >= 0.6 is 0 Å². The van der Waals surface area contributed by atoms with E-state index in [0.29, 0.717) is 6.54 Å². The Labute approximate surface area is 214 Å². The van der Waals surface area contributed by atoms with E-state index in [9.17, 15) is 14.4 Å². The Morgan fingerprint density at radius 2 is 1.49 bits per heavy atom. The highest BCUT2D eigenvalue weighted by atomic mass is 16.5. The fraction of sp³-hybridized carbons (Fsp3) is 0.250. The number of ether oxygens (including phenoxy) is 2. The molecule has 0 aromatic heterocycles. The van der Waals surface area contributed by atoms with E-state index in [0.717, 1.165) is 34.4 Å². The second-order valence-corrected chi connectivity index (χ2v) is 8.31. The number of alkyl carbamates (subject to hydrolysis) is 1. The van der Waals surface area contributed by atoms with E-state index >= 15 is 0 Å². The van der Waals surface area contributed by atoms with Crippen molar-refractivity contribution >= 4 is 18.0 Å².